The Bertz CT molecular complexity index is 540. The lowest BCUT2D eigenvalue weighted by Crippen LogP contribution is -2.65. The molecule has 0 radical (unpaired) electrons. The van der Waals surface area contributed by atoms with E-state index in [9.17, 15) is 23.6 Å². The maximum Gasteiger partial charge on any atom is 0.337 e. The molecule has 1 rings (SSSR count). The molecule has 120 valence electrons. The molecular formula is C12H20N2O6S. The molecule has 0 amide bonds. The summed E-state index contributed by atoms with van der Waals surface area (Å²) in [4.78, 5) is 11.3. The molecule has 0 spiro atoms. The van der Waals surface area contributed by atoms with Crippen LogP contribution in [0, 0.1) is 23.2 Å². The normalized spacial score (nSPS) is 33.8. The molecule has 2 N–H and O–H groups in total. The quantitative estimate of drug-likeness (QED) is 0.683. The number of aliphatic hydroxyl groups is 1. The fourth-order valence-electron chi connectivity index (χ4n) is 2.32. The van der Waals surface area contributed by atoms with Crippen molar-refractivity contribution in [3.05, 3.63) is 0 Å². The topological polar surface area (TPSA) is 126 Å². The molecule has 0 aromatic heterocycles. The third kappa shape index (κ3) is 3.71. The fraction of sp³-hybridized carbons (Fsp3) is 0.833. The Labute approximate surface area is 124 Å². The van der Waals surface area contributed by atoms with Gasteiger partial charge in [-0.3, -0.25) is 8.98 Å². The number of carbonyl (C=O) groups excluding carboxylic acids is 1. The monoisotopic (exact) mass is 320 g/mol. The zero-order chi connectivity index (χ0) is 16.4. The predicted octanol–water partition coefficient (Wildman–Crippen LogP) is -0.302. The third-order valence-electron chi connectivity index (χ3n) is 3.32. The van der Waals surface area contributed by atoms with Crippen LogP contribution >= 0.6 is 0 Å². The fourth-order valence-corrected chi connectivity index (χ4v) is 3.47. The van der Waals surface area contributed by atoms with Crippen LogP contribution in [0.15, 0.2) is 0 Å². The van der Waals surface area contributed by atoms with Crippen LogP contribution in [-0.2, 0) is 24.0 Å². The number of ether oxygens (including phenoxy) is 1. The highest BCUT2D eigenvalue weighted by molar-refractivity contribution is 7.84. The first-order valence-electron chi connectivity index (χ1n) is 6.50. The van der Waals surface area contributed by atoms with Gasteiger partial charge >= 0.3 is 16.3 Å². The summed E-state index contributed by atoms with van der Waals surface area (Å²) in [5.41, 5.74) is -2.01. The molecule has 1 fully saturated rings. The summed E-state index contributed by atoms with van der Waals surface area (Å²) in [7, 11) is -4.24. The molecule has 1 heterocycles. The summed E-state index contributed by atoms with van der Waals surface area (Å²) in [6.45, 7) is 5.71. The first-order valence-corrected chi connectivity index (χ1v) is 7.91. The van der Waals surface area contributed by atoms with Crippen molar-refractivity contribution in [2.45, 2.75) is 45.4 Å². The van der Waals surface area contributed by atoms with Gasteiger partial charge in [-0.05, 0) is 5.92 Å². The van der Waals surface area contributed by atoms with E-state index < -0.39 is 45.9 Å². The van der Waals surface area contributed by atoms with Crippen molar-refractivity contribution < 1.29 is 27.2 Å². The number of rotatable bonds is 3. The van der Waals surface area contributed by atoms with Gasteiger partial charge in [0.1, 0.15) is 6.10 Å². The number of esters is 1. The van der Waals surface area contributed by atoms with Crippen molar-refractivity contribution in [3.63, 3.8) is 0 Å². The maximum atomic E-state index is 11.8. The van der Waals surface area contributed by atoms with Gasteiger partial charge in [0.25, 0.3) is 0 Å². The highest BCUT2D eigenvalue weighted by atomic mass is 32.2. The minimum absolute atomic E-state index is 0.262. The van der Waals surface area contributed by atoms with E-state index in [4.69, 9.17) is 8.92 Å². The van der Waals surface area contributed by atoms with Gasteiger partial charge in [0.2, 0.25) is 0 Å². The highest BCUT2D eigenvalue weighted by Crippen LogP contribution is 2.32. The highest BCUT2D eigenvalue weighted by Gasteiger charge is 2.55. The van der Waals surface area contributed by atoms with Gasteiger partial charge in [-0.1, -0.05) is 20.8 Å². The summed E-state index contributed by atoms with van der Waals surface area (Å²) in [6.07, 6.45) is -2.56. The SMILES string of the molecule is CC(=O)O[C@@H]1[C@@H](C)COS(=O)(=O)NC1(C#N)[C@@H](O)C(C)C. The van der Waals surface area contributed by atoms with Crippen LogP contribution in [0.3, 0.4) is 0 Å². The number of nitrogens with one attached hydrogen (secondary N) is 1. The summed E-state index contributed by atoms with van der Waals surface area (Å²) < 4.78 is 35.5. The van der Waals surface area contributed by atoms with Crippen molar-refractivity contribution in [1.29, 1.82) is 5.26 Å². The lowest BCUT2D eigenvalue weighted by atomic mass is 9.78. The van der Waals surface area contributed by atoms with E-state index >= 15 is 0 Å². The molecular weight excluding hydrogens is 300 g/mol. The van der Waals surface area contributed by atoms with Crippen LogP contribution in [0.4, 0.5) is 0 Å². The van der Waals surface area contributed by atoms with Crippen LogP contribution in [0.1, 0.15) is 27.7 Å². The molecule has 9 heteroatoms. The Hall–Kier alpha value is -1.21. The van der Waals surface area contributed by atoms with Gasteiger partial charge in [0, 0.05) is 12.8 Å². The molecule has 1 unspecified atom stereocenters. The second kappa shape index (κ2) is 6.27. The van der Waals surface area contributed by atoms with Crippen molar-refractivity contribution in [2.24, 2.45) is 11.8 Å². The summed E-state index contributed by atoms with van der Waals surface area (Å²) in [6, 6.07) is 1.78. The van der Waals surface area contributed by atoms with Gasteiger partial charge in [0.15, 0.2) is 5.54 Å². The number of hydrogen-bond acceptors (Lipinski definition) is 7. The van der Waals surface area contributed by atoms with Crippen molar-refractivity contribution in [1.82, 2.24) is 4.72 Å². The zero-order valence-corrected chi connectivity index (χ0v) is 13.2. The Balaban J connectivity index is 3.44. The van der Waals surface area contributed by atoms with E-state index in [1.165, 1.54) is 0 Å². The number of nitrogens with zero attached hydrogens (tertiary/aromatic N) is 1. The smallest absolute Gasteiger partial charge is 0.337 e. The Morgan fingerprint density at radius 1 is 1.57 bits per heavy atom. The molecule has 21 heavy (non-hydrogen) atoms. The van der Waals surface area contributed by atoms with Crippen molar-refractivity contribution >= 4 is 16.3 Å². The first kappa shape index (κ1) is 17.8. The number of hydrogen-bond donors (Lipinski definition) is 2. The van der Waals surface area contributed by atoms with Crippen molar-refractivity contribution in [3.8, 4) is 6.07 Å². The van der Waals surface area contributed by atoms with Crippen LogP contribution < -0.4 is 4.72 Å². The van der Waals surface area contributed by atoms with Crippen LogP contribution in [0.5, 0.6) is 0 Å². The lowest BCUT2D eigenvalue weighted by molar-refractivity contribution is -0.156. The van der Waals surface area contributed by atoms with Crippen molar-refractivity contribution in [2.75, 3.05) is 6.61 Å². The minimum atomic E-state index is -4.24. The Kier molecular flexibility index (Phi) is 5.33. The molecule has 0 aromatic rings. The van der Waals surface area contributed by atoms with E-state index in [-0.39, 0.29) is 6.61 Å². The van der Waals surface area contributed by atoms with E-state index in [2.05, 4.69) is 0 Å². The van der Waals surface area contributed by atoms with Crippen LogP contribution in [0.2, 0.25) is 0 Å². The number of carbonyl (C=O) groups is 1. The summed E-state index contributed by atoms with van der Waals surface area (Å²) >= 11 is 0. The standard InChI is InChI=1S/C12H20N2O6S/c1-7(2)10(16)12(6-13)11(20-9(4)15)8(3)5-19-21(17,18)14-12/h7-8,10-11,14,16H,5H2,1-4H3/t8-,10-,11+,12?/m0/s1. The van der Waals surface area contributed by atoms with E-state index in [0.717, 1.165) is 6.92 Å². The minimum Gasteiger partial charge on any atom is -0.459 e. The first-order chi connectivity index (χ1) is 9.55. The van der Waals surface area contributed by atoms with E-state index in [0.29, 0.717) is 0 Å². The van der Waals surface area contributed by atoms with Gasteiger partial charge in [-0.25, -0.2) is 0 Å². The number of aliphatic hydroxyl groups excluding tert-OH is 1. The predicted molar refractivity (Wildman–Crippen MR) is 71.9 cm³/mol. The molecule has 4 atom stereocenters. The molecule has 0 aromatic carbocycles. The molecule has 1 saturated heterocycles. The molecule has 0 aliphatic carbocycles. The summed E-state index contributed by atoms with van der Waals surface area (Å²) in [5.74, 6) is -1.73. The molecule has 0 saturated carbocycles. The second-order valence-corrected chi connectivity index (χ2v) is 6.87. The maximum absolute atomic E-state index is 11.8. The molecule has 0 bridgehead atoms. The zero-order valence-electron chi connectivity index (χ0n) is 12.4. The second-order valence-electron chi connectivity index (χ2n) is 5.52. The van der Waals surface area contributed by atoms with Crippen LogP contribution in [-0.4, -0.2) is 43.8 Å². The largest absolute Gasteiger partial charge is 0.459 e. The molecule has 8 nitrogen and oxygen atoms in total. The number of nitriles is 1. The lowest BCUT2D eigenvalue weighted by Gasteiger charge is -2.39. The summed E-state index contributed by atoms with van der Waals surface area (Å²) in [5, 5.41) is 19.9. The van der Waals surface area contributed by atoms with Gasteiger partial charge in [-0.15, -0.1) is 0 Å². The van der Waals surface area contributed by atoms with E-state index in [1.807, 2.05) is 4.72 Å². The Morgan fingerprint density at radius 2 is 2.14 bits per heavy atom. The average molecular weight is 320 g/mol. The van der Waals surface area contributed by atoms with Gasteiger partial charge in [0.05, 0.1) is 18.8 Å². The molecule has 1 aliphatic rings. The van der Waals surface area contributed by atoms with Gasteiger partial charge < -0.3 is 9.84 Å². The average Bonchev–Trinajstić information content (AvgIpc) is 2.47. The Morgan fingerprint density at radius 3 is 2.57 bits per heavy atom. The van der Waals surface area contributed by atoms with Gasteiger partial charge in [-0.2, -0.15) is 18.4 Å². The molecule has 1 aliphatic heterocycles. The third-order valence-corrected chi connectivity index (χ3v) is 4.36. The van der Waals surface area contributed by atoms with E-state index in [1.54, 1.807) is 26.8 Å². The van der Waals surface area contributed by atoms with Crippen LogP contribution in [0.25, 0.3) is 0 Å².